The number of hydrogen-bond donors (Lipinski definition) is 0. The highest BCUT2D eigenvalue weighted by atomic mass is 79.9. The van der Waals surface area contributed by atoms with Gasteiger partial charge in [-0.2, -0.15) is 0 Å². The maximum absolute atomic E-state index is 5.92. The summed E-state index contributed by atoms with van der Waals surface area (Å²) in [5.74, 6) is 2.92. The average molecular weight is 337 g/mol. The van der Waals surface area contributed by atoms with Crippen molar-refractivity contribution in [1.82, 2.24) is 0 Å². The van der Waals surface area contributed by atoms with Crippen LogP contribution in [-0.4, -0.2) is 14.2 Å². The number of halogens is 1. The van der Waals surface area contributed by atoms with Crippen LogP contribution in [-0.2, 0) is 5.33 Å². The van der Waals surface area contributed by atoms with Gasteiger partial charge in [-0.1, -0.05) is 28.1 Å². The van der Waals surface area contributed by atoms with Crippen molar-refractivity contribution in [3.8, 4) is 23.0 Å². The van der Waals surface area contributed by atoms with Gasteiger partial charge < -0.3 is 14.2 Å². The monoisotopic (exact) mass is 336 g/mol. The molecule has 0 saturated carbocycles. The standard InChI is InChI=1S/C16H17BrO3/c1-11-6-12(10-17)4-5-16(11)20-15-8-13(18-2)7-14(9-15)19-3/h4-9H,10H2,1-3H3. The zero-order chi connectivity index (χ0) is 14.5. The van der Waals surface area contributed by atoms with Gasteiger partial charge in [-0.05, 0) is 24.1 Å². The summed E-state index contributed by atoms with van der Waals surface area (Å²) in [6, 6.07) is 11.6. The maximum atomic E-state index is 5.92. The highest BCUT2D eigenvalue weighted by Crippen LogP contribution is 2.32. The van der Waals surface area contributed by atoms with E-state index in [1.54, 1.807) is 14.2 Å². The third kappa shape index (κ3) is 3.45. The largest absolute Gasteiger partial charge is 0.496 e. The molecule has 2 aromatic carbocycles. The zero-order valence-corrected chi connectivity index (χ0v) is 13.4. The van der Waals surface area contributed by atoms with Crippen molar-refractivity contribution < 1.29 is 14.2 Å². The molecule has 2 rings (SSSR count). The Balaban J connectivity index is 2.29. The molecule has 0 atom stereocenters. The van der Waals surface area contributed by atoms with Crippen molar-refractivity contribution in [2.24, 2.45) is 0 Å². The fourth-order valence-electron chi connectivity index (χ4n) is 1.88. The molecule has 0 unspecified atom stereocenters. The third-order valence-corrected chi connectivity index (χ3v) is 3.59. The van der Waals surface area contributed by atoms with Crippen molar-refractivity contribution in [3.63, 3.8) is 0 Å². The molecular weight excluding hydrogens is 320 g/mol. The summed E-state index contributed by atoms with van der Waals surface area (Å²) >= 11 is 3.45. The minimum Gasteiger partial charge on any atom is -0.496 e. The predicted octanol–water partition coefficient (Wildman–Crippen LogP) is 4.70. The van der Waals surface area contributed by atoms with E-state index in [1.165, 1.54) is 5.56 Å². The Labute approximate surface area is 127 Å². The van der Waals surface area contributed by atoms with E-state index in [0.29, 0.717) is 17.2 Å². The Morgan fingerprint density at radius 2 is 1.50 bits per heavy atom. The number of ether oxygens (including phenoxy) is 3. The summed E-state index contributed by atoms with van der Waals surface area (Å²) in [6.07, 6.45) is 0. The van der Waals surface area contributed by atoms with Gasteiger partial charge in [0.05, 0.1) is 14.2 Å². The Hall–Kier alpha value is -1.68. The van der Waals surface area contributed by atoms with Crippen molar-refractivity contribution in [1.29, 1.82) is 0 Å². The quantitative estimate of drug-likeness (QED) is 0.740. The van der Waals surface area contributed by atoms with Crippen LogP contribution in [0.2, 0.25) is 0 Å². The molecule has 0 aromatic heterocycles. The minimum absolute atomic E-state index is 0.691. The zero-order valence-electron chi connectivity index (χ0n) is 11.8. The lowest BCUT2D eigenvalue weighted by molar-refractivity contribution is 0.386. The molecule has 0 aliphatic carbocycles. The van der Waals surface area contributed by atoms with E-state index in [-0.39, 0.29) is 0 Å². The van der Waals surface area contributed by atoms with Crippen LogP contribution in [0.25, 0.3) is 0 Å². The smallest absolute Gasteiger partial charge is 0.134 e. The molecule has 0 N–H and O–H groups in total. The van der Waals surface area contributed by atoms with Crippen LogP contribution >= 0.6 is 15.9 Å². The van der Waals surface area contributed by atoms with Crippen molar-refractivity contribution in [3.05, 3.63) is 47.5 Å². The van der Waals surface area contributed by atoms with Crippen LogP contribution in [0, 0.1) is 6.92 Å². The molecule has 0 amide bonds. The first-order chi connectivity index (χ1) is 9.66. The normalized spacial score (nSPS) is 10.2. The fourth-order valence-corrected chi connectivity index (χ4v) is 2.23. The van der Waals surface area contributed by atoms with Gasteiger partial charge in [-0.3, -0.25) is 0 Å². The number of methoxy groups -OCH3 is 2. The van der Waals surface area contributed by atoms with Crippen molar-refractivity contribution in [2.75, 3.05) is 14.2 Å². The maximum Gasteiger partial charge on any atom is 0.134 e. The van der Waals surface area contributed by atoms with Gasteiger partial charge in [-0.15, -0.1) is 0 Å². The van der Waals surface area contributed by atoms with Crippen LogP contribution in [0.5, 0.6) is 23.0 Å². The summed E-state index contributed by atoms with van der Waals surface area (Å²) in [5.41, 5.74) is 2.31. The van der Waals surface area contributed by atoms with Gasteiger partial charge in [0.25, 0.3) is 0 Å². The highest BCUT2D eigenvalue weighted by molar-refractivity contribution is 9.08. The first-order valence-electron chi connectivity index (χ1n) is 6.22. The van der Waals surface area contributed by atoms with Crippen molar-refractivity contribution in [2.45, 2.75) is 12.3 Å². The van der Waals surface area contributed by atoms with Gasteiger partial charge in [0.15, 0.2) is 0 Å². The molecule has 3 nitrogen and oxygen atoms in total. The van der Waals surface area contributed by atoms with Crippen LogP contribution in [0.3, 0.4) is 0 Å². The highest BCUT2D eigenvalue weighted by Gasteiger charge is 2.06. The van der Waals surface area contributed by atoms with E-state index in [4.69, 9.17) is 14.2 Å². The molecule has 0 bridgehead atoms. The molecule has 0 aliphatic heterocycles. The van der Waals surface area contributed by atoms with Crippen LogP contribution < -0.4 is 14.2 Å². The van der Waals surface area contributed by atoms with Gasteiger partial charge >= 0.3 is 0 Å². The minimum atomic E-state index is 0.691. The molecule has 0 aliphatic rings. The Kier molecular flexibility index (Phi) is 4.90. The van der Waals surface area contributed by atoms with Gasteiger partial charge in [0, 0.05) is 23.5 Å². The molecule has 2 aromatic rings. The Bertz CT molecular complexity index is 574. The fraction of sp³-hybridized carbons (Fsp3) is 0.250. The number of rotatable bonds is 5. The van der Waals surface area contributed by atoms with Gasteiger partial charge in [-0.25, -0.2) is 0 Å². The average Bonchev–Trinajstić information content (AvgIpc) is 2.48. The van der Waals surface area contributed by atoms with Crippen LogP contribution in [0.15, 0.2) is 36.4 Å². The lowest BCUT2D eigenvalue weighted by atomic mass is 10.1. The summed E-state index contributed by atoms with van der Waals surface area (Å²) in [5, 5.41) is 0.834. The van der Waals surface area contributed by atoms with E-state index in [0.717, 1.165) is 16.6 Å². The number of aryl methyl sites for hydroxylation is 1. The van der Waals surface area contributed by atoms with E-state index >= 15 is 0 Å². The predicted molar refractivity (Wildman–Crippen MR) is 83.4 cm³/mol. The molecule has 0 heterocycles. The summed E-state index contributed by atoms with van der Waals surface area (Å²) in [7, 11) is 3.24. The van der Waals surface area contributed by atoms with Gasteiger partial charge in [0.1, 0.15) is 23.0 Å². The van der Waals surface area contributed by atoms with Crippen molar-refractivity contribution >= 4 is 15.9 Å². The summed E-state index contributed by atoms with van der Waals surface area (Å²) < 4.78 is 16.4. The van der Waals surface area contributed by atoms with E-state index in [1.807, 2.05) is 37.3 Å². The second-order valence-corrected chi connectivity index (χ2v) is 4.94. The molecule has 0 saturated heterocycles. The molecule has 0 spiro atoms. The topological polar surface area (TPSA) is 27.7 Å². The van der Waals surface area contributed by atoms with Crippen LogP contribution in [0.1, 0.15) is 11.1 Å². The lowest BCUT2D eigenvalue weighted by Gasteiger charge is -2.12. The third-order valence-electron chi connectivity index (χ3n) is 2.95. The first-order valence-corrected chi connectivity index (χ1v) is 7.35. The molecule has 20 heavy (non-hydrogen) atoms. The van der Waals surface area contributed by atoms with E-state index < -0.39 is 0 Å². The Morgan fingerprint density at radius 1 is 0.900 bits per heavy atom. The molecule has 106 valence electrons. The van der Waals surface area contributed by atoms with E-state index in [2.05, 4.69) is 22.0 Å². The van der Waals surface area contributed by atoms with Gasteiger partial charge in [0.2, 0.25) is 0 Å². The summed E-state index contributed by atoms with van der Waals surface area (Å²) in [4.78, 5) is 0. The molecular formula is C16H17BrO3. The van der Waals surface area contributed by atoms with E-state index in [9.17, 15) is 0 Å². The number of alkyl halides is 1. The van der Waals surface area contributed by atoms with Crippen LogP contribution in [0.4, 0.5) is 0 Å². The molecule has 4 heteroatoms. The molecule has 0 radical (unpaired) electrons. The lowest BCUT2D eigenvalue weighted by Crippen LogP contribution is -1.92. The Morgan fingerprint density at radius 3 is 2.00 bits per heavy atom. The second kappa shape index (κ2) is 6.66. The second-order valence-electron chi connectivity index (χ2n) is 4.38. The summed E-state index contributed by atoms with van der Waals surface area (Å²) in [6.45, 7) is 2.03. The first kappa shape index (κ1) is 14.7. The number of benzene rings is 2. The SMILES string of the molecule is COc1cc(OC)cc(Oc2ccc(CBr)cc2C)c1. The molecule has 0 fully saturated rings. The number of hydrogen-bond acceptors (Lipinski definition) is 3.